The number of esters is 1. The van der Waals surface area contributed by atoms with E-state index in [1.807, 2.05) is 32.0 Å². The number of nitrogens with zero attached hydrogens (tertiary/aromatic N) is 1. The van der Waals surface area contributed by atoms with Gasteiger partial charge in [-0.05, 0) is 30.5 Å². The number of ether oxygens (including phenoxy) is 3. The summed E-state index contributed by atoms with van der Waals surface area (Å²) < 4.78 is 15.5. The highest BCUT2D eigenvalue weighted by molar-refractivity contribution is 5.80. The van der Waals surface area contributed by atoms with E-state index >= 15 is 0 Å². The summed E-state index contributed by atoms with van der Waals surface area (Å²) in [6.07, 6.45) is 1.55. The molecule has 1 aliphatic heterocycles. The number of benzene rings is 1. The van der Waals surface area contributed by atoms with Crippen molar-refractivity contribution in [3.8, 4) is 11.5 Å². The molecule has 1 atom stereocenters. The fourth-order valence-electron chi connectivity index (χ4n) is 2.99. The van der Waals surface area contributed by atoms with Gasteiger partial charge in [-0.3, -0.25) is 9.59 Å². The van der Waals surface area contributed by atoms with Crippen LogP contribution < -0.4 is 9.47 Å². The van der Waals surface area contributed by atoms with Gasteiger partial charge in [0.05, 0.1) is 13.0 Å². The second-order valence-electron chi connectivity index (χ2n) is 6.34. The zero-order valence-electron chi connectivity index (χ0n) is 15.4. The van der Waals surface area contributed by atoms with Crippen LogP contribution in [0.4, 0.5) is 0 Å². The molecular formula is C19H27NO5. The molecule has 25 heavy (non-hydrogen) atoms. The second-order valence-corrected chi connectivity index (χ2v) is 6.34. The van der Waals surface area contributed by atoms with Gasteiger partial charge in [0.15, 0.2) is 11.5 Å². The molecule has 0 aromatic heterocycles. The predicted molar refractivity (Wildman–Crippen MR) is 93.2 cm³/mol. The van der Waals surface area contributed by atoms with Crippen LogP contribution in [0.3, 0.4) is 0 Å². The topological polar surface area (TPSA) is 65.1 Å². The molecule has 6 heteroatoms. The summed E-state index contributed by atoms with van der Waals surface area (Å²) in [7, 11) is 1.36. The number of carbonyl (C=O) groups is 2. The van der Waals surface area contributed by atoms with Gasteiger partial charge in [0.2, 0.25) is 12.7 Å². The van der Waals surface area contributed by atoms with E-state index in [0.29, 0.717) is 24.6 Å². The Balaban J connectivity index is 2.18. The minimum absolute atomic E-state index is 0.0427. The van der Waals surface area contributed by atoms with Gasteiger partial charge in [-0.1, -0.05) is 26.8 Å². The van der Waals surface area contributed by atoms with E-state index in [-0.39, 0.29) is 30.5 Å². The number of methoxy groups -OCH3 is 1. The van der Waals surface area contributed by atoms with Crippen molar-refractivity contribution in [1.82, 2.24) is 4.90 Å². The number of rotatable bonds is 8. The number of hydrogen-bond donors (Lipinski definition) is 0. The van der Waals surface area contributed by atoms with Crippen LogP contribution in [0.25, 0.3) is 0 Å². The molecule has 0 N–H and O–H groups in total. The Labute approximate surface area is 149 Å². The molecule has 1 aromatic carbocycles. The van der Waals surface area contributed by atoms with Gasteiger partial charge in [0.1, 0.15) is 0 Å². The molecule has 2 rings (SSSR count). The van der Waals surface area contributed by atoms with E-state index in [0.717, 1.165) is 18.4 Å². The quantitative estimate of drug-likeness (QED) is 0.675. The van der Waals surface area contributed by atoms with Crippen molar-refractivity contribution in [3.63, 3.8) is 0 Å². The Bertz CT molecular complexity index is 612. The largest absolute Gasteiger partial charge is 0.469 e. The fourth-order valence-corrected chi connectivity index (χ4v) is 2.99. The first-order chi connectivity index (χ1) is 12.0. The van der Waals surface area contributed by atoms with Gasteiger partial charge in [-0.25, -0.2) is 0 Å². The Hall–Kier alpha value is -2.24. The van der Waals surface area contributed by atoms with Crippen LogP contribution in [0, 0.1) is 11.8 Å². The summed E-state index contributed by atoms with van der Waals surface area (Å²) in [5.41, 5.74) is 0.945. The lowest BCUT2D eigenvalue weighted by Gasteiger charge is -2.28. The molecule has 0 spiro atoms. The monoisotopic (exact) mass is 349 g/mol. The zero-order valence-corrected chi connectivity index (χ0v) is 15.4. The van der Waals surface area contributed by atoms with Crippen molar-refractivity contribution in [2.75, 3.05) is 20.4 Å². The summed E-state index contributed by atoms with van der Waals surface area (Å²) in [6, 6.07) is 5.66. The zero-order chi connectivity index (χ0) is 18.4. The summed E-state index contributed by atoms with van der Waals surface area (Å²) in [5, 5.41) is 0. The molecule has 0 saturated heterocycles. The van der Waals surface area contributed by atoms with Gasteiger partial charge in [0.25, 0.3) is 0 Å². The maximum Gasteiger partial charge on any atom is 0.310 e. The van der Waals surface area contributed by atoms with Gasteiger partial charge in [-0.2, -0.15) is 0 Å². The van der Waals surface area contributed by atoms with Gasteiger partial charge in [-0.15, -0.1) is 0 Å². The highest BCUT2D eigenvalue weighted by Gasteiger charge is 2.26. The summed E-state index contributed by atoms with van der Waals surface area (Å²) in [4.78, 5) is 26.4. The summed E-state index contributed by atoms with van der Waals surface area (Å²) in [6.45, 7) is 6.76. The highest BCUT2D eigenvalue weighted by Crippen LogP contribution is 2.33. The molecule has 6 nitrogen and oxygen atoms in total. The van der Waals surface area contributed by atoms with Crippen molar-refractivity contribution in [3.05, 3.63) is 23.8 Å². The molecule has 0 aliphatic carbocycles. The van der Waals surface area contributed by atoms with Crippen LogP contribution >= 0.6 is 0 Å². The van der Waals surface area contributed by atoms with Crippen molar-refractivity contribution < 1.29 is 23.8 Å². The second kappa shape index (κ2) is 8.74. The SMILES string of the molecule is CCC(CC)C(=O)N(Cc1ccc2c(c1)OCO2)CC(C)C(=O)OC. The molecule has 0 saturated carbocycles. The van der Waals surface area contributed by atoms with E-state index in [9.17, 15) is 9.59 Å². The first kappa shape index (κ1) is 19.1. The number of amides is 1. The minimum atomic E-state index is -0.377. The summed E-state index contributed by atoms with van der Waals surface area (Å²) >= 11 is 0. The smallest absolute Gasteiger partial charge is 0.310 e. The minimum Gasteiger partial charge on any atom is -0.469 e. The van der Waals surface area contributed by atoms with Gasteiger partial charge in [0, 0.05) is 19.0 Å². The lowest BCUT2D eigenvalue weighted by atomic mass is 10.00. The average molecular weight is 349 g/mol. The van der Waals surface area contributed by atoms with Crippen LogP contribution in [-0.2, 0) is 20.9 Å². The maximum atomic E-state index is 12.9. The molecule has 0 fully saturated rings. The fraction of sp³-hybridized carbons (Fsp3) is 0.579. The van der Waals surface area contributed by atoms with Crippen LogP contribution in [-0.4, -0.2) is 37.2 Å². The first-order valence-corrected chi connectivity index (χ1v) is 8.75. The molecular weight excluding hydrogens is 322 g/mol. The Morgan fingerprint density at radius 2 is 1.88 bits per heavy atom. The Morgan fingerprint density at radius 1 is 1.20 bits per heavy atom. The molecule has 1 unspecified atom stereocenters. The molecule has 1 aromatic rings. The lowest BCUT2D eigenvalue weighted by Crippen LogP contribution is -2.40. The third-order valence-corrected chi connectivity index (χ3v) is 4.55. The van der Waals surface area contributed by atoms with Crippen molar-refractivity contribution in [1.29, 1.82) is 0 Å². The number of hydrogen-bond acceptors (Lipinski definition) is 5. The van der Waals surface area contributed by atoms with Crippen LogP contribution in [0.5, 0.6) is 11.5 Å². The van der Waals surface area contributed by atoms with Crippen LogP contribution in [0.1, 0.15) is 39.2 Å². The lowest BCUT2D eigenvalue weighted by molar-refractivity contribution is -0.147. The third kappa shape index (κ3) is 4.65. The van der Waals surface area contributed by atoms with E-state index in [2.05, 4.69) is 0 Å². The van der Waals surface area contributed by atoms with E-state index < -0.39 is 0 Å². The molecule has 1 amide bonds. The molecule has 0 radical (unpaired) electrons. The van der Waals surface area contributed by atoms with Gasteiger partial charge >= 0.3 is 5.97 Å². The Morgan fingerprint density at radius 3 is 2.52 bits per heavy atom. The average Bonchev–Trinajstić information content (AvgIpc) is 3.09. The molecule has 138 valence electrons. The van der Waals surface area contributed by atoms with Crippen molar-refractivity contribution in [2.45, 2.75) is 40.2 Å². The van der Waals surface area contributed by atoms with Gasteiger partial charge < -0.3 is 19.1 Å². The molecule has 0 bridgehead atoms. The summed E-state index contributed by atoms with van der Waals surface area (Å²) in [5.74, 6) is 0.737. The maximum absolute atomic E-state index is 12.9. The normalized spacial score (nSPS) is 13.6. The molecule has 1 heterocycles. The third-order valence-electron chi connectivity index (χ3n) is 4.55. The van der Waals surface area contributed by atoms with Crippen LogP contribution in [0.2, 0.25) is 0 Å². The highest BCUT2D eigenvalue weighted by atomic mass is 16.7. The number of carbonyl (C=O) groups excluding carboxylic acids is 2. The number of fused-ring (bicyclic) bond motifs is 1. The van der Waals surface area contributed by atoms with Crippen LogP contribution in [0.15, 0.2) is 18.2 Å². The van der Waals surface area contributed by atoms with E-state index in [1.54, 1.807) is 11.8 Å². The molecule has 1 aliphatic rings. The van der Waals surface area contributed by atoms with E-state index in [4.69, 9.17) is 14.2 Å². The Kier molecular flexibility index (Phi) is 6.67. The standard InChI is InChI=1S/C19H27NO5/c1-5-15(6-2)18(21)20(10-13(3)19(22)23-4)11-14-7-8-16-17(9-14)25-12-24-16/h7-9,13,15H,5-6,10-12H2,1-4H3. The first-order valence-electron chi connectivity index (χ1n) is 8.75. The van der Waals surface area contributed by atoms with Crippen molar-refractivity contribution in [2.24, 2.45) is 11.8 Å². The predicted octanol–water partition coefficient (Wildman–Crippen LogP) is 2.99. The van der Waals surface area contributed by atoms with E-state index in [1.165, 1.54) is 7.11 Å². The van der Waals surface area contributed by atoms with Crippen molar-refractivity contribution >= 4 is 11.9 Å².